The monoisotopic (exact) mass is 368 g/mol. The molecule has 1 amide bonds. The first-order valence-electron chi connectivity index (χ1n) is 7.58. The Balaban J connectivity index is 1.64. The molecule has 0 unspecified atom stereocenters. The van der Waals surface area contributed by atoms with Gasteiger partial charge in [0.25, 0.3) is 5.91 Å². The van der Waals surface area contributed by atoms with Crippen LogP contribution in [0.2, 0.25) is 5.02 Å². The number of thiophene rings is 1. The van der Waals surface area contributed by atoms with E-state index in [4.69, 9.17) is 11.6 Å². The lowest BCUT2D eigenvalue weighted by Crippen LogP contribution is -2.13. The number of nitrogens with one attached hydrogen (secondary N) is 2. The van der Waals surface area contributed by atoms with Gasteiger partial charge in [-0.05, 0) is 37.3 Å². The minimum absolute atomic E-state index is 0.299. The van der Waals surface area contributed by atoms with Crippen molar-refractivity contribution in [1.29, 1.82) is 0 Å². The molecule has 25 heavy (non-hydrogen) atoms. The molecule has 0 aliphatic rings. The number of H-pyrrole nitrogens is 1. The lowest BCUT2D eigenvalue weighted by molar-refractivity contribution is 0.102. The van der Waals surface area contributed by atoms with E-state index in [2.05, 4.69) is 20.5 Å². The zero-order valence-electron chi connectivity index (χ0n) is 13.2. The number of rotatable bonds is 3. The summed E-state index contributed by atoms with van der Waals surface area (Å²) in [6.07, 6.45) is 1.65. The van der Waals surface area contributed by atoms with Crippen LogP contribution in [0, 0.1) is 6.92 Å². The average Bonchev–Trinajstić information content (AvgIpc) is 3.23. The number of hydrogen-bond donors (Lipinski definition) is 2. The first kappa shape index (κ1) is 15.8. The summed E-state index contributed by atoms with van der Waals surface area (Å²) in [4.78, 5) is 19.2. The third-order valence-electron chi connectivity index (χ3n) is 3.74. The Labute approximate surface area is 152 Å². The molecule has 3 aromatic heterocycles. The first-order valence-corrected chi connectivity index (χ1v) is 8.77. The predicted molar refractivity (Wildman–Crippen MR) is 101 cm³/mol. The topological polar surface area (TPSA) is 70.7 Å². The summed E-state index contributed by atoms with van der Waals surface area (Å²) in [5, 5.41) is 11.2. The molecule has 0 spiro atoms. The number of aromatic nitrogens is 3. The van der Waals surface area contributed by atoms with E-state index < -0.39 is 0 Å². The third kappa shape index (κ3) is 3.14. The number of pyridine rings is 1. The molecule has 0 aliphatic carbocycles. The van der Waals surface area contributed by atoms with Crippen LogP contribution < -0.4 is 5.32 Å². The second-order valence-corrected chi connectivity index (χ2v) is 7.28. The molecule has 4 aromatic rings. The molecule has 0 aliphatic heterocycles. The summed E-state index contributed by atoms with van der Waals surface area (Å²) in [6, 6.07) is 13.0. The van der Waals surface area contributed by atoms with Crippen molar-refractivity contribution in [2.45, 2.75) is 6.92 Å². The molecular weight excluding hydrogens is 356 g/mol. The fourth-order valence-corrected chi connectivity index (χ4v) is 3.66. The van der Waals surface area contributed by atoms with E-state index in [1.54, 1.807) is 29.7 Å². The van der Waals surface area contributed by atoms with Crippen LogP contribution in [-0.4, -0.2) is 21.1 Å². The van der Waals surface area contributed by atoms with Crippen molar-refractivity contribution >= 4 is 45.6 Å². The van der Waals surface area contributed by atoms with Gasteiger partial charge in [-0.25, -0.2) is 0 Å². The number of anilines is 1. The van der Waals surface area contributed by atoms with Crippen LogP contribution >= 0.6 is 22.9 Å². The van der Waals surface area contributed by atoms with E-state index >= 15 is 0 Å². The van der Waals surface area contributed by atoms with Gasteiger partial charge in [-0.1, -0.05) is 17.7 Å². The Kier molecular flexibility index (Phi) is 3.99. The molecule has 0 saturated heterocycles. The smallest absolute Gasteiger partial charge is 0.259 e. The van der Waals surface area contributed by atoms with Crippen LogP contribution in [0.25, 0.3) is 21.5 Å². The molecule has 124 valence electrons. The van der Waals surface area contributed by atoms with E-state index in [0.29, 0.717) is 21.9 Å². The van der Waals surface area contributed by atoms with Gasteiger partial charge in [0.2, 0.25) is 0 Å². The quantitative estimate of drug-likeness (QED) is 0.540. The molecule has 0 bridgehead atoms. The maximum Gasteiger partial charge on any atom is 0.259 e. The summed E-state index contributed by atoms with van der Waals surface area (Å²) < 4.78 is 0. The summed E-state index contributed by atoms with van der Waals surface area (Å²) in [6.45, 7) is 2.05. The second-order valence-electron chi connectivity index (χ2n) is 5.56. The Hall–Kier alpha value is -2.70. The highest BCUT2D eigenvalue weighted by molar-refractivity contribution is 7.15. The summed E-state index contributed by atoms with van der Waals surface area (Å²) >= 11 is 7.79. The van der Waals surface area contributed by atoms with Gasteiger partial charge in [0, 0.05) is 27.5 Å². The van der Waals surface area contributed by atoms with Gasteiger partial charge in [-0.15, -0.1) is 11.3 Å². The molecule has 3 heterocycles. The minimum Gasteiger partial charge on any atom is -0.305 e. The standard InChI is InChI=1S/C18H13ClN4OS/c1-10-4-5-15(25-10)14-9-16(23-22-14)21-18(24)13-8-12(19)7-11-3-2-6-20-17(11)13/h2-9H,1H3,(H2,21,22,23,24). The number of carbonyl (C=O) groups excluding carboxylic acids is 1. The number of fused-ring (bicyclic) bond motifs is 1. The number of amides is 1. The zero-order chi connectivity index (χ0) is 17.4. The van der Waals surface area contributed by atoms with Crippen LogP contribution in [-0.2, 0) is 0 Å². The fourth-order valence-electron chi connectivity index (χ4n) is 2.60. The average molecular weight is 369 g/mol. The van der Waals surface area contributed by atoms with Crippen molar-refractivity contribution in [2.75, 3.05) is 5.32 Å². The van der Waals surface area contributed by atoms with Crippen molar-refractivity contribution in [2.24, 2.45) is 0 Å². The molecular formula is C18H13ClN4OS. The van der Waals surface area contributed by atoms with Gasteiger partial charge in [0.15, 0.2) is 5.82 Å². The molecule has 0 radical (unpaired) electrons. The van der Waals surface area contributed by atoms with E-state index in [9.17, 15) is 4.79 Å². The maximum atomic E-state index is 12.7. The lowest BCUT2D eigenvalue weighted by Gasteiger charge is -2.06. The van der Waals surface area contributed by atoms with E-state index in [1.165, 1.54) is 4.88 Å². The summed E-state index contributed by atoms with van der Waals surface area (Å²) in [5.41, 5.74) is 1.89. The number of carbonyl (C=O) groups is 1. The third-order valence-corrected chi connectivity index (χ3v) is 4.99. The molecule has 0 atom stereocenters. The van der Waals surface area contributed by atoms with Crippen LogP contribution in [0.4, 0.5) is 5.82 Å². The second kappa shape index (κ2) is 6.31. The van der Waals surface area contributed by atoms with Crippen molar-refractivity contribution in [3.63, 3.8) is 0 Å². The Morgan fingerprint density at radius 3 is 2.92 bits per heavy atom. The van der Waals surface area contributed by atoms with Gasteiger partial charge in [0.1, 0.15) is 0 Å². The fraction of sp³-hybridized carbons (Fsp3) is 0.0556. The van der Waals surface area contributed by atoms with Crippen molar-refractivity contribution < 1.29 is 4.79 Å². The molecule has 0 saturated carbocycles. The molecule has 1 aromatic carbocycles. The zero-order valence-corrected chi connectivity index (χ0v) is 14.8. The molecule has 5 nitrogen and oxygen atoms in total. The van der Waals surface area contributed by atoms with Crippen molar-refractivity contribution in [1.82, 2.24) is 15.2 Å². The molecule has 2 N–H and O–H groups in total. The van der Waals surface area contributed by atoms with Gasteiger partial charge < -0.3 is 5.32 Å². The van der Waals surface area contributed by atoms with E-state index in [1.807, 2.05) is 37.3 Å². The minimum atomic E-state index is -0.299. The molecule has 4 rings (SSSR count). The molecule has 7 heteroatoms. The predicted octanol–water partition coefficient (Wildman–Crippen LogP) is 4.90. The Morgan fingerprint density at radius 1 is 1.24 bits per heavy atom. The SMILES string of the molecule is Cc1ccc(-c2cc(NC(=O)c3cc(Cl)cc4cccnc34)n[nH]2)s1. The normalized spacial score (nSPS) is 11.0. The van der Waals surface area contributed by atoms with E-state index in [-0.39, 0.29) is 5.91 Å². The summed E-state index contributed by atoms with van der Waals surface area (Å²) in [5.74, 6) is 0.154. The van der Waals surface area contributed by atoms with Crippen LogP contribution in [0.5, 0.6) is 0 Å². The number of nitrogens with zero attached hydrogens (tertiary/aromatic N) is 2. The Morgan fingerprint density at radius 2 is 2.12 bits per heavy atom. The highest BCUT2D eigenvalue weighted by Gasteiger charge is 2.15. The van der Waals surface area contributed by atoms with E-state index in [0.717, 1.165) is 16.0 Å². The van der Waals surface area contributed by atoms with Crippen molar-refractivity contribution in [3.8, 4) is 10.6 Å². The van der Waals surface area contributed by atoms with Crippen LogP contribution in [0.3, 0.4) is 0 Å². The maximum absolute atomic E-state index is 12.7. The van der Waals surface area contributed by atoms with Crippen molar-refractivity contribution in [3.05, 3.63) is 64.1 Å². The van der Waals surface area contributed by atoms with Gasteiger partial charge in [-0.3, -0.25) is 14.9 Å². The number of benzene rings is 1. The molecule has 0 fully saturated rings. The highest BCUT2D eigenvalue weighted by atomic mass is 35.5. The Bertz CT molecular complexity index is 1090. The largest absolute Gasteiger partial charge is 0.305 e. The summed E-state index contributed by atoms with van der Waals surface area (Å²) in [7, 11) is 0. The van der Waals surface area contributed by atoms with Gasteiger partial charge in [0.05, 0.1) is 21.7 Å². The lowest BCUT2D eigenvalue weighted by atomic mass is 10.1. The van der Waals surface area contributed by atoms with Crippen LogP contribution in [0.15, 0.2) is 48.7 Å². The van der Waals surface area contributed by atoms with Crippen LogP contribution in [0.1, 0.15) is 15.2 Å². The number of hydrogen-bond acceptors (Lipinski definition) is 4. The number of aromatic amines is 1. The number of halogens is 1. The highest BCUT2D eigenvalue weighted by Crippen LogP contribution is 2.28. The first-order chi connectivity index (χ1) is 12.1. The number of aryl methyl sites for hydroxylation is 1. The van der Waals surface area contributed by atoms with Gasteiger partial charge >= 0.3 is 0 Å². The van der Waals surface area contributed by atoms with Gasteiger partial charge in [-0.2, -0.15) is 5.10 Å².